The smallest absolute Gasteiger partial charge is 0.268 e. The van der Waals surface area contributed by atoms with Crippen LogP contribution in [0, 0.1) is 0 Å². The van der Waals surface area contributed by atoms with Crippen LogP contribution < -0.4 is 10.9 Å². The molecule has 0 bridgehead atoms. The van der Waals surface area contributed by atoms with Crippen LogP contribution in [0.3, 0.4) is 0 Å². The lowest BCUT2D eigenvalue weighted by atomic mass is 9.86. The van der Waals surface area contributed by atoms with Crippen LogP contribution in [0.1, 0.15) is 47.2 Å². The van der Waals surface area contributed by atoms with Crippen molar-refractivity contribution >= 4 is 0 Å². The first-order valence-electron chi connectivity index (χ1n) is 6.73. The minimum Gasteiger partial charge on any atom is -0.503 e. The van der Waals surface area contributed by atoms with Gasteiger partial charge in [0.15, 0.2) is 5.75 Å². The maximum absolute atomic E-state index is 11.7. The Morgan fingerprint density at radius 2 is 1.43 bits per heavy atom. The van der Waals surface area contributed by atoms with Gasteiger partial charge < -0.3 is 10.2 Å². The van der Waals surface area contributed by atoms with E-state index in [1.165, 1.54) is 4.68 Å². The fraction of sp³-hybridized carbons (Fsp3) is 0.533. The van der Waals surface area contributed by atoms with Crippen molar-refractivity contribution in [1.29, 1.82) is 0 Å². The summed E-state index contributed by atoms with van der Waals surface area (Å²) in [7, 11) is 0. The van der Waals surface area contributed by atoms with Crippen LogP contribution in [-0.2, 0) is 11.0 Å². The molecule has 0 spiro atoms. The summed E-state index contributed by atoms with van der Waals surface area (Å²) >= 11 is 0. The van der Waals surface area contributed by atoms with E-state index in [0.717, 1.165) is 0 Å². The van der Waals surface area contributed by atoms with Gasteiger partial charge in [0.2, 0.25) is 11.3 Å². The molecular formula is C15H20N2O4. The third-order valence-electron chi connectivity index (χ3n) is 3.34. The second-order valence-corrected chi connectivity index (χ2v) is 7.26. The number of hydrogen-bond donors (Lipinski definition) is 2. The summed E-state index contributed by atoms with van der Waals surface area (Å²) in [5.41, 5.74) is -2.20. The van der Waals surface area contributed by atoms with Crippen molar-refractivity contribution < 1.29 is 10.2 Å². The Hall–Kier alpha value is -2.11. The van der Waals surface area contributed by atoms with Gasteiger partial charge >= 0.3 is 0 Å². The van der Waals surface area contributed by atoms with Gasteiger partial charge in [0.1, 0.15) is 0 Å². The fourth-order valence-electron chi connectivity index (χ4n) is 2.24. The zero-order chi connectivity index (χ0) is 16.3. The fourth-order valence-corrected chi connectivity index (χ4v) is 2.24. The molecular weight excluding hydrogens is 272 g/mol. The van der Waals surface area contributed by atoms with Crippen LogP contribution in [0.4, 0.5) is 0 Å². The van der Waals surface area contributed by atoms with Crippen LogP contribution >= 0.6 is 0 Å². The summed E-state index contributed by atoms with van der Waals surface area (Å²) in [6, 6.07) is 0. The number of aromatic nitrogens is 2. The molecule has 2 rings (SSSR count). The summed E-state index contributed by atoms with van der Waals surface area (Å²) in [5, 5.41) is 24.6. The highest BCUT2D eigenvalue weighted by Gasteiger charge is 2.36. The Balaban J connectivity index is 2.86. The largest absolute Gasteiger partial charge is 0.503 e. The molecule has 1 aromatic heterocycles. The van der Waals surface area contributed by atoms with Gasteiger partial charge in [-0.15, -0.1) is 0 Å². The first-order chi connectivity index (χ1) is 9.37. The molecule has 1 aromatic carbocycles. The topological polar surface area (TPSA) is 92.4 Å². The van der Waals surface area contributed by atoms with Crippen molar-refractivity contribution in [3.8, 4) is 22.8 Å². The first kappa shape index (κ1) is 15.3. The van der Waals surface area contributed by atoms with Gasteiger partial charge in [-0.05, 0) is 20.8 Å². The zero-order valence-electron chi connectivity index (χ0n) is 13.1. The molecule has 0 aliphatic rings. The predicted octanol–water partition coefficient (Wildman–Crippen LogP) is 1.61. The number of nitrogens with zero attached hydrogens (tertiary/aromatic N) is 2. The molecule has 0 fully saturated rings. The highest BCUT2D eigenvalue weighted by atomic mass is 16.3. The second kappa shape index (κ2) is 4.19. The SMILES string of the molecule is CC(C)(C)c1nn(C(C)(C)C)c(O)c1-c1c(O)c(=O)c1=O. The van der Waals surface area contributed by atoms with Crippen molar-refractivity contribution in [2.75, 3.05) is 0 Å². The van der Waals surface area contributed by atoms with E-state index in [2.05, 4.69) is 5.10 Å². The lowest BCUT2D eigenvalue weighted by Gasteiger charge is -2.20. The zero-order valence-corrected chi connectivity index (χ0v) is 13.1. The van der Waals surface area contributed by atoms with Gasteiger partial charge in [-0.2, -0.15) is 5.10 Å². The van der Waals surface area contributed by atoms with Crippen molar-refractivity contribution in [2.24, 2.45) is 0 Å². The Bertz CT molecular complexity index is 778. The predicted molar refractivity (Wildman–Crippen MR) is 79.6 cm³/mol. The molecule has 1 heterocycles. The van der Waals surface area contributed by atoms with E-state index in [9.17, 15) is 19.8 Å². The highest BCUT2D eigenvalue weighted by Crippen LogP contribution is 2.42. The van der Waals surface area contributed by atoms with Crippen LogP contribution in [-0.4, -0.2) is 20.0 Å². The summed E-state index contributed by atoms with van der Waals surface area (Å²) in [6.45, 7) is 11.2. The maximum atomic E-state index is 11.7. The molecule has 2 aromatic rings. The molecule has 0 amide bonds. The van der Waals surface area contributed by atoms with Crippen molar-refractivity contribution in [3.05, 3.63) is 26.1 Å². The average Bonchev–Trinajstić information content (AvgIpc) is 2.66. The first-order valence-corrected chi connectivity index (χ1v) is 6.73. The van der Waals surface area contributed by atoms with Gasteiger partial charge in [0.05, 0.1) is 22.4 Å². The van der Waals surface area contributed by atoms with E-state index in [4.69, 9.17) is 0 Å². The molecule has 6 heteroatoms. The molecule has 114 valence electrons. The second-order valence-electron chi connectivity index (χ2n) is 7.26. The Labute approximate surface area is 122 Å². The van der Waals surface area contributed by atoms with Gasteiger partial charge in [0, 0.05) is 5.41 Å². The van der Waals surface area contributed by atoms with Crippen molar-refractivity contribution in [2.45, 2.75) is 52.5 Å². The highest BCUT2D eigenvalue weighted by molar-refractivity contribution is 5.79. The Morgan fingerprint density at radius 3 is 1.81 bits per heavy atom. The standard InChI is InChI=1S/C15H20N2O4/c1-14(2,3)12-8(7-9(18)11(20)10(7)19)13(21)17(16-12)15(4,5)6/h18,21H,1-6H3. The molecule has 21 heavy (non-hydrogen) atoms. The van der Waals surface area contributed by atoms with Crippen molar-refractivity contribution in [1.82, 2.24) is 9.78 Å². The van der Waals surface area contributed by atoms with E-state index in [1.54, 1.807) is 0 Å². The number of hydrogen-bond acceptors (Lipinski definition) is 5. The van der Waals surface area contributed by atoms with Crippen LogP contribution in [0.15, 0.2) is 9.59 Å². The Morgan fingerprint density at radius 1 is 0.905 bits per heavy atom. The lowest BCUT2D eigenvalue weighted by molar-refractivity contribution is 0.292. The van der Waals surface area contributed by atoms with Crippen LogP contribution in [0.25, 0.3) is 11.1 Å². The van der Waals surface area contributed by atoms with Gasteiger partial charge in [-0.3, -0.25) is 9.59 Å². The van der Waals surface area contributed by atoms with Gasteiger partial charge in [0.25, 0.3) is 5.43 Å². The van der Waals surface area contributed by atoms with Crippen molar-refractivity contribution in [3.63, 3.8) is 0 Å². The number of rotatable bonds is 1. The molecule has 2 N–H and O–H groups in total. The van der Waals surface area contributed by atoms with E-state index in [-0.39, 0.29) is 17.0 Å². The summed E-state index contributed by atoms with van der Waals surface area (Å²) in [4.78, 5) is 23.0. The molecule has 0 aliphatic carbocycles. The third kappa shape index (κ3) is 2.14. The molecule has 0 radical (unpaired) electrons. The summed E-state index contributed by atoms with van der Waals surface area (Å²) < 4.78 is 1.40. The monoisotopic (exact) mass is 292 g/mol. The van der Waals surface area contributed by atoms with Gasteiger partial charge in [-0.25, -0.2) is 4.68 Å². The summed E-state index contributed by atoms with van der Waals surface area (Å²) in [6.07, 6.45) is 0. The molecule has 6 nitrogen and oxygen atoms in total. The van der Waals surface area contributed by atoms with Crippen LogP contribution in [0.2, 0.25) is 0 Å². The van der Waals surface area contributed by atoms with E-state index >= 15 is 0 Å². The van der Waals surface area contributed by atoms with E-state index < -0.39 is 27.6 Å². The molecule has 0 aliphatic heterocycles. The molecule has 0 saturated heterocycles. The van der Waals surface area contributed by atoms with E-state index in [1.807, 2.05) is 41.5 Å². The Kier molecular flexibility index (Phi) is 3.05. The molecule has 0 unspecified atom stereocenters. The lowest BCUT2D eigenvalue weighted by Crippen LogP contribution is -2.32. The van der Waals surface area contributed by atoms with Crippen LogP contribution in [0.5, 0.6) is 11.6 Å². The minimum atomic E-state index is -0.923. The molecule has 0 atom stereocenters. The number of aromatic hydroxyl groups is 2. The average molecular weight is 292 g/mol. The van der Waals surface area contributed by atoms with E-state index in [0.29, 0.717) is 5.69 Å². The minimum absolute atomic E-state index is 0.141. The summed E-state index contributed by atoms with van der Waals surface area (Å²) in [5.74, 6) is -0.816. The quantitative estimate of drug-likeness (QED) is 0.779. The van der Waals surface area contributed by atoms with Gasteiger partial charge in [-0.1, -0.05) is 20.8 Å². The normalized spacial score (nSPS) is 13.0. The third-order valence-corrected chi connectivity index (χ3v) is 3.34. The maximum Gasteiger partial charge on any atom is 0.268 e. The molecule has 0 saturated carbocycles.